The number of halogens is 2. The highest BCUT2D eigenvalue weighted by atomic mass is 79.9. The summed E-state index contributed by atoms with van der Waals surface area (Å²) in [6.07, 6.45) is -0.0237. The molecule has 15 heavy (non-hydrogen) atoms. The van der Waals surface area contributed by atoms with Gasteiger partial charge in [-0.2, -0.15) is 0 Å². The first-order valence-electron chi connectivity index (χ1n) is 4.80. The smallest absolute Gasteiger partial charge is 0.205 e. The van der Waals surface area contributed by atoms with E-state index < -0.39 is 5.79 Å². The largest absolute Gasteiger partial charge is 0.342 e. The van der Waals surface area contributed by atoms with E-state index in [9.17, 15) is 0 Å². The summed E-state index contributed by atoms with van der Waals surface area (Å²) in [5.74, 6) is -0.206. The van der Waals surface area contributed by atoms with Crippen LogP contribution in [0, 0.1) is 0 Å². The Morgan fingerprint density at radius 1 is 1.40 bits per heavy atom. The summed E-state index contributed by atoms with van der Waals surface area (Å²) in [7, 11) is 0. The second kappa shape index (κ2) is 4.83. The molecule has 2 nitrogen and oxygen atoms in total. The Morgan fingerprint density at radius 3 is 2.67 bits per heavy atom. The second-order valence-electron chi connectivity index (χ2n) is 3.46. The molecule has 0 N–H and O–H groups in total. The lowest BCUT2D eigenvalue weighted by atomic mass is 10.1. The zero-order valence-electron chi connectivity index (χ0n) is 8.16. The maximum absolute atomic E-state index is 5.83. The van der Waals surface area contributed by atoms with E-state index in [-0.39, 0.29) is 6.10 Å². The average Bonchev–Trinajstić information content (AvgIpc) is 2.75. The standard InChI is InChI=1S/C11H12BrClO2/c12-8-11(9-4-2-1-3-5-9)14-7-10(6-13)15-11/h1-5,10H,6-8H2/t10-,11-/m1/s1. The van der Waals surface area contributed by atoms with Crippen LogP contribution in [0.1, 0.15) is 5.56 Å². The van der Waals surface area contributed by atoms with E-state index in [1.165, 1.54) is 0 Å². The van der Waals surface area contributed by atoms with E-state index >= 15 is 0 Å². The average molecular weight is 292 g/mol. The Balaban J connectivity index is 2.24. The summed E-state index contributed by atoms with van der Waals surface area (Å²) in [5, 5.41) is 0.609. The summed E-state index contributed by atoms with van der Waals surface area (Å²) < 4.78 is 11.6. The fourth-order valence-electron chi connectivity index (χ4n) is 1.63. The van der Waals surface area contributed by atoms with Gasteiger partial charge in [-0.3, -0.25) is 0 Å². The number of ether oxygens (including phenoxy) is 2. The van der Waals surface area contributed by atoms with Crippen molar-refractivity contribution in [1.29, 1.82) is 0 Å². The number of benzene rings is 1. The second-order valence-corrected chi connectivity index (χ2v) is 4.33. The molecule has 1 heterocycles. The highest BCUT2D eigenvalue weighted by Gasteiger charge is 2.41. The van der Waals surface area contributed by atoms with Gasteiger partial charge in [-0.15, -0.1) is 11.6 Å². The molecule has 0 spiro atoms. The zero-order valence-corrected chi connectivity index (χ0v) is 10.5. The summed E-state index contributed by atoms with van der Waals surface area (Å²) in [5.41, 5.74) is 1.02. The number of alkyl halides is 2. The van der Waals surface area contributed by atoms with Crippen LogP contribution in [0.4, 0.5) is 0 Å². The summed E-state index contributed by atoms with van der Waals surface area (Å²) in [4.78, 5) is 0. The summed E-state index contributed by atoms with van der Waals surface area (Å²) >= 11 is 9.19. The fourth-order valence-corrected chi connectivity index (χ4v) is 2.40. The number of hydrogen-bond acceptors (Lipinski definition) is 2. The van der Waals surface area contributed by atoms with Crippen molar-refractivity contribution in [3.63, 3.8) is 0 Å². The van der Waals surface area contributed by atoms with Crippen LogP contribution in [-0.2, 0) is 15.3 Å². The lowest BCUT2D eigenvalue weighted by Gasteiger charge is -2.26. The number of hydrogen-bond donors (Lipinski definition) is 0. The van der Waals surface area contributed by atoms with Gasteiger partial charge in [-0.25, -0.2) is 0 Å². The molecule has 0 saturated carbocycles. The number of rotatable bonds is 3. The summed E-state index contributed by atoms with van der Waals surface area (Å²) in [6.45, 7) is 0.546. The van der Waals surface area contributed by atoms with Crippen LogP contribution in [0.3, 0.4) is 0 Å². The molecule has 82 valence electrons. The molecule has 0 aromatic heterocycles. The molecule has 4 heteroatoms. The third kappa shape index (κ3) is 2.21. The van der Waals surface area contributed by atoms with E-state index in [1.54, 1.807) is 0 Å². The minimum atomic E-state index is -0.666. The predicted molar refractivity (Wildman–Crippen MR) is 63.5 cm³/mol. The Morgan fingerprint density at radius 2 is 2.13 bits per heavy atom. The highest BCUT2D eigenvalue weighted by Crippen LogP contribution is 2.36. The first kappa shape index (κ1) is 11.4. The van der Waals surface area contributed by atoms with Gasteiger partial charge >= 0.3 is 0 Å². The molecule has 1 aromatic rings. The van der Waals surface area contributed by atoms with Crippen LogP contribution < -0.4 is 0 Å². The lowest BCUT2D eigenvalue weighted by Crippen LogP contribution is -2.30. The fraction of sp³-hybridized carbons (Fsp3) is 0.455. The SMILES string of the molecule is ClC[C@@H]1CO[C@@](CBr)(c2ccccc2)O1. The molecule has 2 rings (SSSR count). The van der Waals surface area contributed by atoms with Crippen LogP contribution in [0.25, 0.3) is 0 Å². The molecule has 0 radical (unpaired) electrons. The third-order valence-electron chi connectivity index (χ3n) is 2.42. The minimum Gasteiger partial charge on any atom is -0.342 e. The van der Waals surface area contributed by atoms with E-state index in [2.05, 4.69) is 15.9 Å². The van der Waals surface area contributed by atoms with Crippen LogP contribution in [-0.4, -0.2) is 23.9 Å². The van der Waals surface area contributed by atoms with Crippen molar-refractivity contribution in [2.24, 2.45) is 0 Å². The topological polar surface area (TPSA) is 18.5 Å². The summed E-state index contributed by atoms with van der Waals surface area (Å²) in [6, 6.07) is 9.91. The molecule has 2 atom stereocenters. The van der Waals surface area contributed by atoms with Gasteiger partial charge in [0.2, 0.25) is 5.79 Å². The Kier molecular flexibility index (Phi) is 3.67. The molecule has 1 fully saturated rings. The van der Waals surface area contributed by atoms with Crippen LogP contribution in [0.15, 0.2) is 30.3 Å². The van der Waals surface area contributed by atoms with Crippen molar-refractivity contribution >= 4 is 27.5 Å². The molecule has 0 aliphatic carbocycles. The van der Waals surface area contributed by atoms with Gasteiger partial charge in [0.1, 0.15) is 0 Å². The zero-order chi connectivity index (χ0) is 10.7. The van der Waals surface area contributed by atoms with Crippen LogP contribution in [0.5, 0.6) is 0 Å². The van der Waals surface area contributed by atoms with Crippen molar-refractivity contribution in [1.82, 2.24) is 0 Å². The maximum atomic E-state index is 5.83. The highest BCUT2D eigenvalue weighted by molar-refractivity contribution is 9.09. The molecule has 0 bridgehead atoms. The quantitative estimate of drug-likeness (QED) is 0.797. The van der Waals surface area contributed by atoms with Gasteiger partial charge in [0, 0.05) is 5.56 Å². The Hall–Kier alpha value is -0.0900. The van der Waals surface area contributed by atoms with Gasteiger partial charge in [0.15, 0.2) is 0 Å². The molecule has 1 aliphatic heterocycles. The molecular formula is C11H12BrClO2. The van der Waals surface area contributed by atoms with E-state index in [0.717, 1.165) is 5.56 Å². The predicted octanol–water partition coefficient (Wildman–Crippen LogP) is 2.89. The van der Waals surface area contributed by atoms with Crippen molar-refractivity contribution in [3.8, 4) is 0 Å². The van der Waals surface area contributed by atoms with Gasteiger partial charge in [-0.1, -0.05) is 46.3 Å². The first-order valence-corrected chi connectivity index (χ1v) is 6.45. The maximum Gasteiger partial charge on any atom is 0.205 e. The van der Waals surface area contributed by atoms with E-state index in [0.29, 0.717) is 17.8 Å². The normalized spacial score (nSPS) is 30.7. The molecule has 0 unspecified atom stereocenters. The molecule has 1 aliphatic rings. The lowest BCUT2D eigenvalue weighted by molar-refractivity contribution is -0.154. The minimum absolute atomic E-state index is 0.0237. The van der Waals surface area contributed by atoms with Crippen LogP contribution >= 0.6 is 27.5 Å². The van der Waals surface area contributed by atoms with Crippen molar-refractivity contribution in [2.45, 2.75) is 11.9 Å². The first-order chi connectivity index (χ1) is 7.30. The third-order valence-corrected chi connectivity index (χ3v) is 3.50. The van der Waals surface area contributed by atoms with Gasteiger partial charge < -0.3 is 9.47 Å². The van der Waals surface area contributed by atoms with E-state index in [4.69, 9.17) is 21.1 Å². The van der Waals surface area contributed by atoms with Gasteiger partial charge in [0.25, 0.3) is 0 Å². The molecule has 0 amide bonds. The molecule has 1 aromatic carbocycles. The molecular weight excluding hydrogens is 279 g/mol. The van der Waals surface area contributed by atoms with Gasteiger partial charge in [-0.05, 0) is 0 Å². The Labute approximate surface area is 103 Å². The van der Waals surface area contributed by atoms with Gasteiger partial charge in [0.05, 0.1) is 23.9 Å². The molecule has 1 saturated heterocycles. The van der Waals surface area contributed by atoms with Crippen molar-refractivity contribution < 1.29 is 9.47 Å². The van der Waals surface area contributed by atoms with E-state index in [1.807, 2.05) is 30.3 Å². The van der Waals surface area contributed by atoms with Crippen LogP contribution in [0.2, 0.25) is 0 Å². The Bertz CT molecular complexity index is 320. The van der Waals surface area contributed by atoms with Crippen molar-refractivity contribution in [2.75, 3.05) is 17.8 Å². The van der Waals surface area contributed by atoms with Crippen molar-refractivity contribution in [3.05, 3.63) is 35.9 Å². The monoisotopic (exact) mass is 290 g/mol.